The highest BCUT2D eigenvalue weighted by atomic mass is 32.2. The number of hydrogen-bond donors (Lipinski definition) is 4. The van der Waals surface area contributed by atoms with E-state index in [0.717, 1.165) is 12.1 Å². The van der Waals surface area contributed by atoms with Crippen molar-refractivity contribution in [2.45, 2.75) is 90.3 Å². The molecule has 0 aromatic heterocycles. The first-order chi connectivity index (χ1) is 17.4. The van der Waals surface area contributed by atoms with Crippen molar-refractivity contribution < 1.29 is 46.3 Å². The number of hydrogen-bond acceptors (Lipinski definition) is 8. The number of nitrogens with one attached hydrogen (secondary N) is 3. The molecule has 4 N–H and O–H groups in total. The Morgan fingerprint density at radius 1 is 0.974 bits per heavy atom. The maximum atomic E-state index is 13.9. The van der Waals surface area contributed by atoms with Gasteiger partial charge in [0.25, 0.3) is 0 Å². The van der Waals surface area contributed by atoms with Gasteiger partial charge in [-0.1, -0.05) is 12.1 Å². The van der Waals surface area contributed by atoms with Crippen LogP contribution in [0.5, 0.6) is 0 Å². The summed E-state index contributed by atoms with van der Waals surface area (Å²) in [6.07, 6.45) is -7.62. The van der Waals surface area contributed by atoms with Crippen molar-refractivity contribution in [2.24, 2.45) is 0 Å². The molecule has 0 aliphatic carbocycles. The molecular formula is C25H38F3N3O7S. The lowest BCUT2D eigenvalue weighted by atomic mass is 9.90. The van der Waals surface area contributed by atoms with Gasteiger partial charge in [0.15, 0.2) is 5.60 Å². The van der Waals surface area contributed by atoms with Gasteiger partial charge in [0.1, 0.15) is 17.2 Å². The molecule has 3 atom stereocenters. The van der Waals surface area contributed by atoms with E-state index in [2.05, 4.69) is 10.6 Å². The van der Waals surface area contributed by atoms with Crippen LogP contribution < -0.4 is 10.6 Å². The van der Waals surface area contributed by atoms with Gasteiger partial charge in [0, 0.05) is 40.3 Å². The van der Waals surface area contributed by atoms with Gasteiger partial charge in [-0.2, -0.15) is 13.2 Å². The number of alkyl carbamates (subject to hydrolysis) is 1. The molecule has 0 spiro atoms. The lowest BCUT2D eigenvalue weighted by Gasteiger charge is -2.31. The molecule has 14 heteroatoms. The molecule has 39 heavy (non-hydrogen) atoms. The third kappa shape index (κ3) is 11.8. The summed E-state index contributed by atoms with van der Waals surface area (Å²) < 4.78 is 73.3. The number of anilines is 1. The molecule has 0 saturated carbocycles. The Morgan fingerprint density at radius 2 is 1.49 bits per heavy atom. The normalized spacial score (nSPS) is 16.3. The molecule has 1 aromatic rings. The second-order valence-corrected chi connectivity index (χ2v) is 13.5. The van der Waals surface area contributed by atoms with E-state index in [1.807, 2.05) is 0 Å². The monoisotopic (exact) mass is 581 g/mol. The zero-order valence-electron chi connectivity index (χ0n) is 23.2. The first-order valence-electron chi connectivity index (χ1n) is 12.1. The highest BCUT2D eigenvalue weighted by molar-refractivity contribution is 7.92. The molecule has 0 aliphatic rings. The number of carbonyl (C=O) groups is 3. The number of rotatable bonds is 10. The third-order valence-corrected chi connectivity index (χ3v) is 6.82. The van der Waals surface area contributed by atoms with Gasteiger partial charge in [-0.25, -0.2) is 13.8 Å². The maximum Gasteiger partial charge on any atom is 0.421 e. The minimum absolute atomic E-state index is 0.214. The van der Waals surface area contributed by atoms with E-state index in [1.165, 1.54) is 19.1 Å². The van der Waals surface area contributed by atoms with Gasteiger partial charge in [-0.3, -0.25) is 9.57 Å². The van der Waals surface area contributed by atoms with Crippen LogP contribution in [0.15, 0.2) is 24.3 Å². The molecule has 1 rings (SSSR count). The van der Waals surface area contributed by atoms with Crippen LogP contribution in [0, 0.1) is 4.78 Å². The lowest BCUT2D eigenvalue weighted by Crippen LogP contribution is -2.47. The van der Waals surface area contributed by atoms with Crippen LogP contribution in [0.3, 0.4) is 0 Å². The van der Waals surface area contributed by atoms with Crippen LogP contribution >= 0.6 is 0 Å². The number of esters is 1. The molecule has 1 aromatic carbocycles. The first kappa shape index (κ1) is 34.2. The van der Waals surface area contributed by atoms with Gasteiger partial charge in [-0.15, -0.1) is 0 Å². The minimum atomic E-state index is -5.17. The minimum Gasteiger partial charge on any atom is -0.458 e. The fourth-order valence-electron chi connectivity index (χ4n) is 3.28. The number of amides is 2. The van der Waals surface area contributed by atoms with Crippen LogP contribution in [0.4, 0.5) is 23.7 Å². The van der Waals surface area contributed by atoms with Crippen LogP contribution in [0.1, 0.15) is 66.9 Å². The SMILES string of the molecule is CC(=O)Nc1ccc(C(O)(CCS(=N)(=O)CC[C@H](NC(=O)OC(C)(C)C)C(=O)OC(C)(C)C)C(F)(F)F)cc1. The summed E-state index contributed by atoms with van der Waals surface area (Å²) in [4.78, 5) is 36.0. The number of ether oxygens (including phenoxy) is 2. The summed E-state index contributed by atoms with van der Waals surface area (Å²) in [5.41, 5.74) is -5.60. The molecular weight excluding hydrogens is 543 g/mol. The molecule has 222 valence electrons. The van der Waals surface area contributed by atoms with Crippen molar-refractivity contribution in [3.63, 3.8) is 0 Å². The number of halogens is 3. The molecule has 2 unspecified atom stereocenters. The van der Waals surface area contributed by atoms with E-state index >= 15 is 0 Å². The molecule has 0 radical (unpaired) electrons. The number of alkyl halides is 3. The highest BCUT2D eigenvalue weighted by Gasteiger charge is 2.54. The summed E-state index contributed by atoms with van der Waals surface area (Å²) in [5.74, 6) is -2.75. The van der Waals surface area contributed by atoms with Crippen LogP contribution in [-0.2, 0) is 34.4 Å². The predicted octanol–water partition coefficient (Wildman–Crippen LogP) is 4.46. The second kappa shape index (κ2) is 12.5. The van der Waals surface area contributed by atoms with Crippen LogP contribution in [-0.4, -0.2) is 62.2 Å². The number of benzene rings is 1. The molecule has 0 aliphatic heterocycles. The molecule has 0 saturated heterocycles. The van der Waals surface area contributed by atoms with E-state index in [1.54, 1.807) is 41.5 Å². The first-order valence-corrected chi connectivity index (χ1v) is 14.0. The Morgan fingerprint density at radius 3 is 1.92 bits per heavy atom. The summed E-state index contributed by atoms with van der Waals surface area (Å²) in [7, 11) is -3.77. The highest BCUT2D eigenvalue weighted by Crippen LogP contribution is 2.42. The lowest BCUT2D eigenvalue weighted by molar-refractivity contribution is -0.267. The Bertz CT molecular complexity index is 1130. The van der Waals surface area contributed by atoms with Gasteiger partial charge >= 0.3 is 18.2 Å². The smallest absolute Gasteiger partial charge is 0.421 e. The molecule has 0 heterocycles. The van der Waals surface area contributed by atoms with E-state index < -0.39 is 80.2 Å². The van der Waals surface area contributed by atoms with Gasteiger partial charge in [0.2, 0.25) is 5.91 Å². The Balaban J connectivity index is 3.07. The number of carbonyl (C=O) groups excluding carboxylic acids is 3. The fraction of sp³-hybridized carbons (Fsp3) is 0.640. The van der Waals surface area contributed by atoms with E-state index in [-0.39, 0.29) is 12.1 Å². The standard InChI is InChI=1S/C25H38F3N3O7S/c1-16(32)30-18-10-8-17(9-11-18)24(35,25(26,27)28)13-15-39(29,36)14-12-19(20(33)37-22(2,3)4)31-21(34)38-23(5,6)7/h8-11,19,29,35H,12-15H2,1-7H3,(H,30,32)(H,31,34)/t19-,24?,39?/m0/s1. The quantitative estimate of drug-likeness (QED) is 0.298. The van der Waals surface area contributed by atoms with Crippen molar-refractivity contribution in [3.8, 4) is 0 Å². The summed E-state index contributed by atoms with van der Waals surface area (Å²) in [5, 5.41) is 15.3. The van der Waals surface area contributed by atoms with Crippen molar-refractivity contribution in [2.75, 3.05) is 16.8 Å². The maximum absolute atomic E-state index is 13.9. The molecule has 0 fully saturated rings. The van der Waals surface area contributed by atoms with E-state index in [0.29, 0.717) is 0 Å². The van der Waals surface area contributed by atoms with Gasteiger partial charge < -0.3 is 25.2 Å². The molecule has 2 amide bonds. The Hall–Kier alpha value is -2.87. The van der Waals surface area contributed by atoms with Crippen LogP contribution in [0.2, 0.25) is 0 Å². The summed E-state index contributed by atoms with van der Waals surface area (Å²) >= 11 is 0. The zero-order valence-corrected chi connectivity index (χ0v) is 24.0. The predicted molar refractivity (Wildman–Crippen MR) is 140 cm³/mol. The zero-order chi connectivity index (χ0) is 30.4. The second-order valence-electron chi connectivity index (χ2n) is 11.1. The van der Waals surface area contributed by atoms with Gasteiger partial charge in [0.05, 0.1) is 0 Å². The topological polar surface area (TPSA) is 155 Å². The van der Waals surface area contributed by atoms with E-state index in [4.69, 9.17) is 14.3 Å². The average molecular weight is 582 g/mol. The average Bonchev–Trinajstić information content (AvgIpc) is 2.71. The molecule has 10 nitrogen and oxygen atoms in total. The van der Waals surface area contributed by atoms with E-state index in [9.17, 15) is 36.9 Å². The van der Waals surface area contributed by atoms with Crippen molar-refractivity contribution in [1.29, 1.82) is 4.78 Å². The Kier molecular flexibility index (Phi) is 11.0. The summed E-state index contributed by atoms with van der Waals surface area (Å²) in [6, 6.07) is 2.94. The van der Waals surface area contributed by atoms with Crippen LogP contribution in [0.25, 0.3) is 0 Å². The fourth-order valence-corrected chi connectivity index (χ4v) is 4.72. The van der Waals surface area contributed by atoms with Crippen molar-refractivity contribution in [3.05, 3.63) is 29.8 Å². The third-order valence-electron chi connectivity index (χ3n) is 5.06. The largest absolute Gasteiger partial charge is 0.458 e. The van der Waals surface area contributed by atoms with Crippen molar-refractivity contribution >= 4 is 33.4 Å². The van der Waals surface area contributed by atoms with Crippen molar-refractivity contribution in [1.82, 2.24) is 5.32 Å². The molecule has 0 bridgehead atoms. The number of aliphatic hydroxyl groups is 1. The summed E-state index contributed by atoms with van der Waals surface area (Å²) in [6.45, 7) is 10.8. The van der Waals surface area contributed by atoms with Gasteiger partial charge in [-0.05, 0) is 65.7 Å². The Labute approximate surface area is 227 Å².